The first-order chi connectivity index (χ1) is 15.2. The van der Waals surface area contributed by atoms with Gasteiger partial charge >= 0.3 is 5.97 Å². The van der Waals surface area contributed by atoms with E-state index in [1.165, 1.54) is 16.2 Å². The molecule has 2 aliphatic rings. The Hall–Kier alpha value is -2.58. The third-order valence-electron chi connectivity index (χ3n) is 5.60. The first kappa shape index (κ1) is 21.6. The van der Waals surface area contributed by atoms with E-state index in [2.05, 4.69) is 27.7 Å². The first-order valence-corrected chi connectivity index (χ1v) is 11.8. The van der Waals surface area contributed by atoms with E-state index in [4.69, 9.17) is 9.47 Å². The average Bonchev–Trinajstić information content (AvgIpc) is 3.16. The van der Waals surface area contributed by atoms with E-state index >= 15 is 0 Å². The van der Waals surface area contributed by atoms with Crippen molar-refractivity contribution < 1.29 is 19.1 Å². The number of rotatable bonds is 7. The molecule has 0 atom stereocenters. The number of morpholine rings is 1. The molecule has 1 amide bonds. The molecule has 0 spiro atoms. The number of benzene rings is 1. The number of nitrogens with one attached hydrogen (secondary N) is 2. The predicted octanol–water partition coefficient (Wildman–Crippen LogP) is 3.69. The Bertz CT molecular complexity index is 920. The van der Waals surface area contributed by atoms with Crippen molar-refractivity contribution >= 4 is 39.6 Å². The quantitative estimate of drug-likeness (QED) is 0.636. The fraction of sp³-hybridized carbons (Fsp3) is 0.478. The summed E-state index contributed by atoms with van der Waals surface area (Å²) in [5, 5.41) is 6.71. The van der Waals surface area contributed by atoms with Crippen molar-refractivity contribution in [1.82, 2.24) is 0 Å². The van der Waals surface area contributed by atoms with Crippen LogP contribution in [-0.4, -0.2) is 51.3 Å². The molecule has 4 rings (SSSR count). The maximum Gasteiger partial charge on any atom is 0.341 e. The van der Waals surface area contributed by atoms with Crippen LogP contribution in [0.25, 0.3) is 0 Å². The summed E-state index contributed by atoms with van der Waals surface area (Å²) >= 11 is 1.51. The van der Waals surface area contributed by atoms with Crippen LogP contribution >= 0.6 is 11.3 Å². The molecule has 1 aliphatic heterocycles. The minimum absolute atomic E-state index is 0.127. The fourth-order valence-electron chi connectivity index (χ4n) is 4.04. The summed E-state index contributed by atoms with van der Waals surface area (Å²) in [4.78, 5) is 28.6. The number of carbonyl (C=O) groups is 2. The zero-order valence-corrected chi connectivity index (χ0v) is 18.7. The largest absolute Gasteiger partial charge is 0.462 e. The summed E-state index contributed by atoms with van der Waals surface area (Å²) in [5.74, 6) is -0.523. The van der Waals surface area contributed by atoms with Gasteiger partial charge in [-0.15, -0.1) is 11.3 Å². The van der Waals surface area contributed by atoms with Crippen LogP contribution in [0.5, 0.6) is 0 Å². The molecule has 31 heavy (non-hydrogen) atoms. The molecule has 1 fully saturated rings. The molecule has 7 nitrogen and oxygen atoms in total. The molecule has 0 saturated carbocycles. The SMILES string of the molecule is CCOC(=O)c1c(NC(=O)CNc2ccc(N3CCOCC3)cc2)sc2c1CCCC2. The monoisotopic (exact) mass is 443 g/mol. The van der Waals surface area contributed by atoms with E-state index in [9.17, 15) is 9.59 Å². The zero-order chi connectivity index (χ0) is 21.6. The Morgan fingerprint density at radius 3 is 2.61 bits per heavy atom. The number of hydrogen-bond donors (Lipinski definition) is 2. The normalized spacial score (nSPS) is 15.8. The zero-order valence-electron chi connectivity index (χ0n) is 17.9. The molecule has 2 heterocycles. The average molecular weight is 444 g/mol. The van der Waals surface area contributed by atoms with Crippen molar-refractivity contribution in [2.45, 2.75) is 32.6 Å². The summed E-state index contributed by atoms with van der Waals surface area (Å²) in [7, 11) is 0. The van der Waals surface area contributed by atoms with E-state index in [0.29, 0.717) is 17.2 Å². The van der Waals surface area contributed by atoms with Gasteiger partial charge in [0.25, 0.3) is 0 Å². The molecule has 166 valence electrons. The van der Waals surface area contributed by atoms with Gasteiger partial charge in [0.15, 0.2) is 0 Å². The molecule has 1 saturated heterocycles. The molecule has 0 radical (unpaired) electrons. The second-order valence-electron chi connectivity index (χ2n) is 7.68. The van der Waals surface area contributed by atoms with Crippen LogP contribution in [0.2, 0.25) is 0 Å². The lowest BCUT2D eigenvalue weighted by molar-refractivity contribution is -0.114. The molecule has 1 aromatic carbocycles. The van der Waals surface area contributed by atoms with Crippen LogP contribution in [0.15, 0.2) is 24.3 Å². The van der Waals surface area contributed by atoms with Crippen molar-refractivity contribution in [3.05, 3.63) is 40.3 Å². The number of ether oxygens (including phenoxy) is 2. The van der Waals surface area contributed by atoms with Gasteiger partial charge in [0.1, 0.15) is 5.00 Å². The molecule has 2 N–H and O–H groups in total. The van der Waals surface area contributed by atoms with E-state index in [-0.39, 0.29) is 18.4 Å². The highest BCUT2D eigenvalue weighted by Gasteiger charge is 2.27. The summed E-state index contributed by atoms with van der Waals surface area (Å²) < 4.78 is 10.6. The molecule has 8 heteroatoms. The lowest BCUT2D eigenvalue weighted by Gasteiger charge is -2.28. The minimum Gasteiger partial charge on any atom is -0.462 e. The number of carbonyl (C=O) groups excluding carboxylic acids is 2. The Kier molecular flexibility index (Phi) is 7.09. The van der Waals surface area contributed by atoms with Gasteiger partial charge in [-0.2, -0.15) is 0 Å². The highest BCUT2D eigenvalue weighted by atomic mass is 32.1. The molecule has 1 aromatic heterocycles. The molecule has 0 unspecified atom stereocenters. The second kappa shape index (κ2) is 10.2. The number of aryl methyl sites for hydroxylation is 1. The van der Waals surface area contributed by atoms with Gasteiger partial charge in [0.2, 0.25) is 5.91 Å². The van der Waals surface area contributed by atoms with Gasteiger partial charge < -0.3 is 25.0 Å². The van der Waals surface area contributed by atoms with Gasteiger partial charge in [-0.25, -0.2) is 4.79 Å². The van der Waals surface area contributed by atoms with Crippen LogP contribution in [-0.2, 0) is 27.1 Å². The number of fused-ring (bicyclic) bond motifs is 1. The van der Waals surface area contributed by atoms with Crippen molar-refractivity contribution in [3.8, 4) is 0 Å². The standard InChI is InChI=1S/C23H29N3O4S/c1-2-30-23(28)21-18-5-3-4-6-19(18)31-22(21)25-20(27)15-24-16-7-9-17(10-8-16)26-11-13-29-14-12-26/h7-10,24H,2-6,11-15H2,1H3,(H,25,27). The number of nitrogens with zero attached hydrogens (tertiary/aromatic N) is 1. The van der Waals surface area contributed by atoms with Crippen molar-refractivity contribution in [1.29, 1.82) is 0 Å². The minimum atomic E-state index is -0.344. The van der Waals surface area contributed by atoms with E-state index in [1.54, 1.807) is 6.92 Å². The van der Waals surface area contributed by atoms with E-state index in [0.717, 1.165) is 68.9 Å². The number of amides is 1. The van der Waals surface area contributed by atoms with Gasteiger partial charge in [-0.1, -0.05) is 0 Å². The Balaban J connectivity index is 1.37. The van der Waals surface area contributed by atoms with Crippen LogP contribution in [0.3, 0.4) is 0 Å². The molecular formula is C23H29N3O4S. The van der Waals surface area contributed by atoms with Crippen LogP contribution < -0.4 is 15.5 Å². The topological polar surface area (TPSA) is 79.9 Å². The van der Waals surface area contributed by atoms with Crippen LogP contribution in [0.4, 0.5) is 16.4 Å². The van der Waals surface area contributed by atoms with E-state index < -0.39 is 0 Å². The van der Waals surface area contributed by atoms with Crippen LogP contribution in [0.1, 0.15) is 40.6 Å². The number of esters is 1. The highest BCUT2D eigenvalue weighted by Crippen LogP contribution is 2.38. The summed E-state index contributed by atoms with van der Waals surface area (Å²) in [6.07, 6.45) is 4.00. The Morgan fingerprint density at radius 2 is 1.87 bits per heavy atom. The van der Waals surface area contributed by atoms with E-state index in [1.807, 2.05) is 12.1 Å². The lowest BCUT2D eigenvalue weighted by atomic mass is 9.95. The molecule has 2 aromatic rings. The van der Waals surface area contributed by atoms with Gasteiger partial charge in [0, 0.05) is 29.3 Å². The van der Waals surface area contributed by atoms with Gasteiger partial charge in [-0.05, 0) is 62.4 Å². The molecule has 0 bridgehead atoms. The number of thiophene rings is 1. The number of anilines is 3. The van der Waals surface area contributed by atoms with Crippen molar-refractivity contribution in [2.24, 2.45) is 0 Å². The van der Waals surface area contributed by atoms with Crippen molar-refractivity contribution in [2.75, 3.05) is 55.0 Å². The third kappa shape index (κ3) is 5.19. The first-order valence-electron chi connectivity index (χ1n) is 10.9. The fourth-order valence-corrected chi connectivity index (χ4v) is 5.33. The van der Waals surface area contributed by atoms with Crippen LogP contribution in [0, 0.1) is 0 Å². The maximum atomic E-state index is 12.6. The Morgan fingerprint density at radius 1 is 1.13 bits per heavy atom. The van der Waals surface area contributed by atoms with Gasteiger partial charge in [0.05, 0.1) is 31.9 Å². The van der Waals surface area contributed by atoms with Crippen molar-refractivity contribution in [3.63, 3.8) is 0 Å². The maximum absolute atomic E-state index is 12.6. The number of hydrogen-bond acceptors (Lipinski definition) is 7. The smallest absolute Gasteiger partial charge is 0.341 e. The van der Waals surface area contributed by atoms with Gasteiger partial charge in [-0.3, -0.25) is 4.79 Å². The lowest BCUT2D eigenvalue weighted by Crippen LogP contribution is -2.36. The summed E-state index contributed by atoms with van der Waals surface area (Å²) in [6.45, 7) is 5.52. The molecule has 1 aliphatic carbocycles. The predicted molar refractivity (Wildman–Crippen MR) is 124 cm³/mol. The summed E-state index contributed by atoms with van der Waals surface area (Å²) in [6, 6.07) is 8.06. The third-order valence-corrected chi connectivity index (χ3v) is 6.81. The molecular weight excluding hydrogens is 414 g/mol. The summed E-state index contributed by atoms with van der Waals surface area (Å²) in [5.41, 5.74) is 3.63. The Labute approximate surface area is 186 Å². The second-order valence-corrected chi connectivity index (χ2v) is 8.79. The highest BCUT2D eigenvalue weighted by molar-refractivity contribution is 7.17.